The molecule has 1 heterocycles. The predicted molar refractivity (Wildman–Crippen MR) is 105 cm³/mol. The first kappa shape index (κ1) is 23.0. The van der Waals surface area contributed by atoms with Crippen LogP contribution in [0.4, 0.5) is 13.2 Å². The first-order valence-corrected chi connectivity index (χ1v) is 8.31. The highest BCUT2D eigenvalue weighted by atomic mass is 127. The Bertz CT molecular complexity index is 591. The standard InChI is InChI=1S/C17H24F3N3O2.HI/c1-2-21-15(23-12-16(24)6-8-25-9-7-16)22-11-13-4-3-5-14(10-13)17(18,19)20;/h3-5,10,24H,2,6-9,11-12H2,1H3,(H2,21,22,23);1H. The highest BCUT2D eigenvalue weighted by Crippen LogP contribution is 2.29. The molecule has 0 amide bonds. The highest BCUT2D eigenvalue weighted by molar-refractivity contribution is 14.0. The molecule has 1 aliphatic rings. The van der Waals surface area contributed by atoms with Gasteiger partial charge in [-0.05, 0) is 24.6 Å². The van der Waals surface area contributed by atoms with E-state index in [2.05, 4.69) is 15.6 Å². The molecule has 5 nitrogen and oxygen atoms in total. The number of benzene rings is 1. The summed E-state index contributed by atoms with van der Waals surface area (Å²) in [4.78, 5) is 4.31. The third-order valence-electron chi connectivity index (χ3n) is 4.03. The zero-order valence-electron chi connectivity index (χ0n) is 14.6. The molecular formula is C17H25F3IN3O2. The molecule has 0 aromatic heterocycles. The van der Waals surface area contributed by atoms with E-state index in [0.717, 1.165) is 12.1 Å². The van der Waals surface area contributed by atoms with Crippen molar-refractivity contribution in [1.29, 1.82) is 0 Å². The van der Waals surface area contributed by atoms with Crippen LogP contribution in [0.25, 0.3) is 0 Å². The largest absolute Gasteiger partial charge is 0.416 e. The summed E-state index contributed by atoms with van der Waals surface area (Å²) in [6.45, 7) is 3.94. The predicted octanol–water partition coefficient (Wildman–Crippen LogP) is 2.92. The Morgan fingerprint density at radius 2 is 1.96 bits per heavy atom. The first-order valence-electron chi connectivity index (χ1n) is 8.31. The summed E-state index contributed by atoms with van der Waals surface area (Å²) in [6, 6.07) is 5.11. The Kier molecular flexibility index (Phi) is 9.11. The third-order valence-corrected chi connectivity index (χ3v) is 4.03. The Balaban J connectivity index is 0.00000338. The molecule has 3 N–H and O–H groups in total. The van der Waals surface area contributed by atoms with Crippen LogP contribution in [0.1, 0.15) is 30.9 Å². The van der Waals surface area contributed by atoms with E-state index in [1.54, 1.807) is 6.07 Å². The maximum atomic E-state index is 12.8. The lowest BCUT2D eigenvalue weighted by Gasteiger charge is -2.32. The lowest BCUT2D eigenvalue weighted by molar-refractivity contribution is -0.137. The molecule has 0 spiro atoms. The smallest absolute Gasteiger partial charge is 0.388 e. The molecule has 0 saturated carbocycles. The molecule has 0 aliphatic carbocycles. The molecule has 1 saturated heterocycles. The first-order chi connectivity index (χ1) is 11.8. The van der Waals surface area contributed by atoms with Crippen LogP contribution in [-0.4, -0.2) is 43.0 Å². The lowest BCUT2D eigenvalue weighted by atomic mass is 9.94. The van der Waals surface area contributed by atoms with Gasteiger partial charge in [0.25, 0.3) is 0 Å². The van der Waals surface area contributed by atoms with Crippen molar-refractivity contribution in [2.75, 3.05) is 26.3 Å². The summed E-state index contributed by atoms with van der Waals surface area (Å²) in [7, 11) is 0. The Hall–Kier alpha value is -1.07. The van der Waals surface area contributed by atoms with E-state index in [4.69, 9.17) is 4.74 Å². The molecule has 1 aliphatic heterocycles. The number of nitrogens with zero attached hydrogens (tertiary/aromatic N) is 1. The van der Waals surface area contributed by atoms with Gasteiger partial charge in [-0.2, -0.15) is 13.2 Å². The van der Waals surface area contributed by atoms with Gasteiger partial charge in [0.1, 0.15) is 0 Å². The van der Waals surface area contributed by atoms with Crippen molar-refractivity contribution < 1.29 is 23.0 Å². The summed E-state index contributed by atoms with van der Waals surface area (Å²) < 4.78 is 43.5. The van der Waals surface area contributed by atoms with E-state index >= 15 is 0 Å². The molecule has 1 fully saturated rings. The molecule has 1 aromatic rings. The van der Waals surface area contributed by atoms with Gasteiger partial charge in [0.2, 0.25) is 0 Å². The normalized spacial score (nSPS) is 17.3. The fourth-order valence-electron chi connectivity index (χ4n) is 2.53. The molecule has 0 radical (unpaired) electrons. The zero-order chi connectivity index (χ0) is 18.3. The van der Waals surface area contributed by atoms with E-state index in [1.807, 2.05) is 6.92 Å². The molecule has 0 atom stereocenters. The molecular weight excluding hydrogens is 462 g/mol. The van der Waals surface area contributed by atoms with E-state index < -0.39 is 17.3 Å². The van der Waals surface area contributed by atoms with Gasteiger partial charge in [0.05, 0.1) is 17.7 Å². The number of ether oxygens (including phenoxy) is 1. The molecule has 9 heteroatoms. The Morgan fingerprint density at radius 3 is 2.58 bits per heavy atom. The summed E-state index contributed by atoms with van der Waals surface area (Å²) >= 11 is 0. The maximum absolute atomic E-state index is 12.8. The van der Waals surface area contributed by atoms with Crippen LogP contribution >= 0.6 is 24.0 Å². The number of aliphatic imine (C=N–C) groups is 1. The number of halogens is 4. The minimum Gasteiger partial charge on any atom is -0.388 e. The van der Waals surface area contributed by atoms with Crippen LogP contribution in [-0.2, 0) is 17.5 Å². The van der Waals surface area contributed by atoms with Gasteiger partial charge in [0.15, 0.2) is 5.96 Å². The number of aliphatic hydroxyl groups is 1. The van der Waals surface area contributed by atoms with Crippen molar-refractivity contribution in [2.24, 2.45) is 4.99 Å². The molecule has 148 valence electrons. The Morgan fingerprint density at radius 1 is 1.27 bits per heavy atom. The molecule has 1 aromatic carbocycles. The van der Waals surface area contributed by atoms with Gasteiger partial charge >= 0.3 is 6.18 Å². The van der Waals surface area contributed by atoms with Crippen LogP contribution < -0.4 is 10.6 Å². The average Bonchev–Trinajstić information content (AvgIpc) is 2.57. The van der Waals surface area contributed by atoms with Gasteiger partial charge in [-0.3, -0.25) is 0 Å². The minimum atomic E-state index is -4.37. The summed E-state index contributed by atoms with van der Waals surface area (Å²) in [5.74, 6) is 0.458. The Labute approximate surface area is 168 Å². The zero-order valence-corrected chi connectivity index (χ0v) is 16.9. The number of nitrogens with one attached hydrogen (secondary N) is 2. The highest BCUT2D eigenvalue weighted by Gasteiger charge is 2.31. The quantitative estimate of drug-likeness (QED) is 0.340. The van der Waals surface area contributed by atoms with Crippen LogP contribution in [0.15, 0.2) is 29.3 Å². The lowest BCUT2D eigenvalue weighted by Crippen LogP contribution is -2.49. The van der Waals surface area contributed by atoms with Crippen molar-refractivity contribution >= 4 is 29.9 Å². The monoisotopic (exact) mass is 487 g/mol. The summed E-state index contributed by atoms with van der Waals surface area (Å²) in [6.07, 6.45) is -3.30. The van der Waals surface area contributed by atoms with Gasteiger partial charge < -0.3 is 20.5 Å². The van der Waals surface area contributed by atoms with Gasteiger partial charge in [-0.25, -0.2) is 4.99 Å². The van der Waals surface area contributed by atoms with Crippen molar-refractivity contribution in [3.8, 4) is 0 Å². The number of hydrogen-bond acceptors (Lipinski definition) is 3. The SMILES string of the molecule is CCNC(=NCc1cccc(C(F)(F)F)c1)NCC1(O)CCOCC1.I. The second-order valence-corrected chi connectivity index (χ2v) is 6.08. The fourth-order valence-corrected chi connectivity index (χ4v) is 2.53. The number of rotatable bonds is 5. The van der Waals surface area contributed by atoms with E-state index in [1.165, 1.54) is 6.07 Å². The number of guanidine groups is 1. The number of hydrogen-bond donors (Lipinski definition) is 3. The summed E-state index contributed by atoms with van der Waals surface area (Å²) in [5.41, 5.74) is -1.07. The van der Waals surface area contributed by atoms with E-state index in [-0.39, 0.29) is 30.5 Å². The van der Waals surface area contributed by atoms with Gasteiger partial charge in [0, 0.05) is 39.1 Å². The molecule has 2 rings (SSSR count). The van der Waals surface area contributed by atoms with Crippen molar-refractivity contribution in [1.82, 2.24) is 10.6 Å². The fraction of sp³-hybridized carbons (Fsp3) is 0.588. The minimum absolute atomic E-state index is 0. The van der Waals surface area contributed by atoms with Crippen LogP contribution in [0.2, 0.25) is 0 Å². The average molecular weight is 487 g/mol. The third kappa shape index (κ3) is 7.28. The molecule has 0 bridgehead atoms. The van der Waals surface area contributed by atoms with Crippen molar-refractivity contribution in [3.63, 3.8) is 0 Å². The topological polar surface area (TPSA) is 65.9 Å². The van der Waals surface area contributed by atoms with Gasteiger partial charge in [-0.1, -0.05) is 12.1 Å². The van der Waals surface area contributed by atoms with Gasteiger partial charge in [-0.15, -0.1) is 24.0 Å². The van der Waals surface area contributed by atoms with Crippen LogP contribution in [0.5, 0.6) is 0 Å². The maximum Gasteiger partial charge on any atom is 0.416 e. The van der Waals surface area contributed by atoms with Crippen LogP contribution in [0, 0.1) is 0 Å². The molecule has 0 unspecified atom stereocenters. The van der Waals surface area contributed by atoms with E-state index in [9.17, 15) is 18.3 Å². The van der Waals surface area contributed by atoms with Crippen molar-refractivity contribution in [3.05, 3.63) is 35.4 Å². The second-order valence-electron chi connectivity index (χ2n) is 6.08. The van der Waals surface area contributed by atoms with Crippen LogP contribution in [0.3, 0.4) is 0 Å². The van der Waals surface area contributed by atoms with Crippen molar-refractivity contribution in [2.45, 2.75) is 38.1 Å². The van der Waals surface area contributed by atoms with E-state index in [0.29, 0.717) is 50.7 Å². The molecule has 26 heavy (non-hydrogen) atoms. The summed E-state index contributed by atoms with van der Waals surface area (Å²) in [5, 5.41) is 16.5. The number of alkyl halides is 3. The second kappa shape index (κ2) is 10.3.